The number of hydrogen-bond acceptors (Lipinski definition) is 0. The molecule has 0 heterocycles. The van der Waals surface area contributed by atoms with Crippen LogP contribution in [0.5, 0.6) is 0 Å². The Balaban J connectivity index is 0.000000104. The summed E-state index contributed by atoms with van der Waals surface area (Å²) < 4.78 is 0. The Morgan fingerprint density at radius 1 is 0.115 bits per heavy atom. The molecule has 0 amide bonds. The molecule has 0 radical (unpaired) electrons. The third-order valence-electron chi connectivity index (χ3n) is 19.4. The van der Waals surface area contributed by atoms with Crippen molar-refractivity contribution in [2.45, 2.75) is 83.1 Å². The lowest BCUT2D eigenvalue weighted by Crippen LogP contribution is -1.83. The van der Waals surface area contributed by atoms with Gasteiger partial charge in [0, 0.05) is 0 Å². The van der Waals surface area contributed by atoms with E-state index >= 15 is 0 Å². The van der Waals surface area contributed by atoms with Crippen LogP contribution >= 0.6 is 0 Å². The first-order valence-corrected chi connectivity index (χ1v) is 33.8. The van der Waals surface area contributed by atoms with E-state index in [4.69, 9.17) is 0 Å². The quantitative estimate of drug-likeness (QED) is 0.133. The van der Waals surface area contributed by atoms with Gasteiger partial charge in [0.1, 0.15) is 0 Å². The minimum Gasteiger partial charge on any atom is -0.0616 e. The van der Waals surface area contributed by atoms with Crippen LogP contribution in [0.2, 0.25) is 0 Å². The molecule has 18 rings (SSSR count). The van der Waals surface area contributed by atoms with E-state index in [9.17, 15) is 0 Å². The first-order chi connectivity index (χ1) is 46.5. The highest BCUT2D eigenvalue weighted by Gasteiger charge is 2.08. The molecule has 18 aromatic rings. The molecule has 0 aromatic heterocycles. The molecule has 0 spiro atoms. The molecule has 96 heavy (non-hydrogen) atoms. The molecule has 0 aliphatic carbocycles. The molecule has 18 aromatic carbocycles. The number of rotatable bonds is 0. The van der Waals surface area contributed by atoms with Crippen molar-refractivity contribution in [3.63, 3.8) is 0 Å². The molecular weight excluding hydrogens is 1150 g/mol. The van der Waals surface area contributed by atoms with Crippen LogP contribution in [0.4, 0.5) is 0 Å². The van der Waals surface area contributed by atoms with E-state index in [2.05, 4.69) is 374 Å². The second-order valence-corrected chi connectivity index (χ2v) is 26.9. The monoisotopic (exact) mass is 1240 g/mol. The zero-order valence-corrected chi connectivity index (χ0v) is 57.7. The molecule has 0 fully saturated rings. The lowest BCUT2D eigenvalue weighted by molar-refractivity contribution is 1.49. The second-order valence-electron chi connectivity index (χ2n) is 26.9. The van der Waals surface area contributed by atoms with Crippen molar-refractivity contribution in [2.75, 3.05) is 0 Å². The van der Waals surface area contributed by atoms with Gasteiger partial charge >= 0.3 is 0 Å². The maximum absolute atomic E-state index is 2.28. The first kappa shape index (κ1) is 63.8. The van der Waals surface area contributed by atoms with Crippen LogP contribution in [0.1, 0.15) is 66.8 Å². The summed E-state index contributed by atoms with van der Waals surface area (Å²) >= 11 is 0. The van der Waals surface area contributed by atoms with E-state index in [-0.39, 0.29) is 0 Å². The van der Waals surface area contributed by atoms with Crippen LogP contribution in [0, 0.1) is 83.1 Å². The molecular formula is C96H84. The average molecular weight is 1240 g/mol. The van der Waals surface area contributed by atoms with Gasteiger partial charge in [0.2, 0.25) is 0 Å². The van der Waals surface area contributed by atoms with Gasteiger partial charge in [-0.3, -0.25) is 0 Å². The normalized spacial score (nSPS) is 11.1. The van der Waals surface area contributed by atoms with Crippen molar-refractivity contribution >= 4 is 129 Å². The molecule has 0 nitrogen and oxygen atoms in total. The number of aryl methyl sites for hydroxylation is 12. The lowest BCUT2D eigenvalue weighted by atomic mass is 9.97. The molecule has 0 N–H and O–H groups in total. The highest BCUT2D eigenvalue weighted by molar-refractivity contribution is 6.06. The standard InChI is InChI=1S/6C16H14/c1-11-3-5-13-10-16-8-12(2)4-6-14(16)9-15(13)7-11;1-11-3-5-13-9-14-6-4-12(2)8-16(14)10-15(13)7-11;2*1-11-7-8-16-12(2)15-6-4-3-5-13(15)10-14(16)9-11;2*1-11-7-8-14-10-13-5-3-4-6-15(13)12(2)16(14)9-11/h6*3-10H,1-2H3. The molecule has 0 unspecified atom stereocenters. The molecule has 0 atom stereocenters. The van der Waals surface area contributed by atoms with Crippen molar-refractivity contribution in [3.8, 4) is 0 Å². The number of benzene rings is 18. The maximum atomic E-state index is 2.28. The fourth-order valence-electron chi connectivity index (χ4n) is 14.1. The number of fused-ring (bicyclic) bond motifs is 12. The zero-order valence-electron chi connectivity index (χ0n) is 57.7. The fraction of sp³-hybridized carbons (Fsp3) is 0.125. The number of hydrogen-bond donors (Lipinski definition) is 0. The van der Waals surface area contributed by atoms with Gasteiger partial charge in [-0.1, -0.05) is 287 Å². The largest absolute Gasteiger partial charge is 0.0616 e. The Labute approximate surface area is 566 Å². The minimum absolute atomic E-state index is 1.32. The summed E-state index contributed by atoms with van der Waals surface area (Å²) in [4.78, 5) is 0. The molecule has 468 valence electrons. The predicted molar refractivity (Wildman–Crippen MR) is 426 cm³/mol. The lowest BCUT2D eigenvalue weighted by Gasteiger charge is -2.08. The van der Waals surface area contributed by atoms with Gasteiger partial charge in [0.15, 0.2) is 0 Å². The molecule has 0 saturated heterocycles. The topological polar surface area (TPSA) is 0 Å². The Morgan fingerprint density at radius 3 is 0.594 bits per heavy atom. The van der Waals surface area contributed by atoms with E-state index in [1.54, 1.807) is 0 Å². The third kappa shape index (κ3) is 13.8. The Kier molecular flexibility index (Phi) is 18.3. The molecule has 0 saturated carbocycles. The van der Waals surface area contributed by atoms with E-state index < -0.39 is 0 Å². The summed E-state index contributed by atoms with van der Waals surface area (Å²) in [6.07, 6.45) is 0. The van der Waals surface area contributed by atoms with Gasteiger partial charge in [0.05, 0.1) is 0 Å². The van der Waals surface area contributed by atoms with Crippen LogP contribution in [0.15, 0.2) is 291 Å². The van der Waals surface area contributed by atoms with Crippen molar-refractivity contribution < 1.29 is 0 Å². The molecule has 0 aliphatic rings. The summed E-state index contributed by atoms with van der Waals surface area (Å²) in [6, 6.07) is 106. The van der Waals surface area contributed by atoms with Gasteiger partial charge in [-0.15, -0.1) is 0 Å². The van der Waals surface area contributed by atoms with Gasteiger partial charge in [0.25, 0.3) is 0 Å². The molecule has 0 aliphatic heterocycles. The van der Waals surface area contributed by atoms with Crippen molar-refractivity contribution in [1.82, 2.24) is 0 Å². The van der Waals surface area contributed by atoms with Crippen LogP contribution in [-0.4, -0.2) is 0 Å². The van der Waals surface area contributed by atoms with E-state index in [1.165, 1.54) is 196 Å². The van der Waals surface area contributed by atoms with Crippen molar-refractivity contribution in [2.24, 2.45) is 0 Å². The van der Waals surface area contributed by atoms with Gasteiger partial charge < -0.3 is 0 Å². The van der Waals surface area contributed by atoms with E-state index in [0.29, 0.717) is 0 Å². The van der Waals surface area contributed by atoms with Crippen LogP contribution < -0.4 is 0 Å². The Morgan fingerprint density at radius 2 is 0.292 bits per heavy atom. The summed E-state index contributed by atoms with van der Waals surface area (Å²) in [7, 11) is 0. The summed E-state index contributed by atoms with van der Waals surface area (Å²) in [5.74, 6) is 0. The van der Waals surface area contributed by atoms with Crippen molar-refractivity contribution in [3.05, 3.63) is 358 Å². The summed E-state index contributed by atoms with van der Waals surface area (Å²) in [5.41, 5.74) is 16.1. The minimum atomic E-state index is 1.32. The predicted octanol–water partition coefficient (Wildman–Crippen LogP) is 27.7. The molecule has 0 bridgehead atoms. The van der Waals surface area contributed by atoms with Crippen LogP contribution in [-0.2, 0) is 0 Å². The Bertz CT molecular complexity index is 5610. The average Bonchev–Trinajstić information content (AvgIpc) is 0.813. The van der Waals surface area contributed by atoms with Crippen molar-refractivity contribution in [1.29, 1.82) is 0 Å². The highest BCUT2D eigenvalue weighted by atomic mass is 14.1. The van der Waals surface area contributed by atoms with Crippen LogP contribution in [0.25, 0.3) is 129 Å². The van der Waals surface area contributed by atoms with Gasteiger partial charge in [-0.25, -0.2) is 0 Å². The molecule has 0 heteroatoms. The zero-order chi connectivity index (χ0) is 66.7. The SMILES string of the molecule is Cc1ccc2c(C)c3ccccc3cc2c1.Cc1ccc2c(C)c3ccccc3cc2c1.Cc1ccc2cc3cc(C)ccc3cc2c1.Cc1ccc2cc3ccc(C)cc3cc2c1.Cc1ccc2cc3ccccc3c(C)c2c1.Cc1ccc2cc3ccccc3c(C)c2c1. The first-order valence-electron chi connectivity index (χ1n) is 33.8. The third-order valence-corrected chi connectivity index (χ3v) is 19.4. The highest BCUT2D eigenvalue weighted by Crippen LogP contribution is 2.34. The second kappa shape index (κ2) is 27.6. The fourth-order valence-corrected chi connectivity index (χ4v) is 14.1. The van der Waals surface area contributed by atoms with E-state index in [1.807, 2.05) is 0 Å². The Hall–Kier alpha value is -10.9. The summed E-state index contributed by atoms with van der Waals surface area (Å²) in [5, 5.41) is 32.2. The van der Waals surface area contributed by atoms with Gasteiger partial charge in [-0.2, -0.15) is 0 Å². The smallest absolute Gasteiger partial charge is 0.0146 e. The summed E-state index contributed by atoms with van der Waals surface area (Å²) in [6.45, 7) is 26.0. The van der Waals surface area contributed by atoms with Gasteiger partial charge in [-0.05, 0) is 283 Å². The van der Waals surface area contributed by atoms with E-state index in [0.717, 1.165) is 0 Å². The van der Waals surface area contributed by atoms with Crippen LogP contribution in [0.3, 0.4) is 0 Å². The maximum Gasteiger partial charge on any atom is -0.0146 e.